The van der Waals surface area contributed by atoms with Crippen LogP contribution in [0.1, 0.15) is 31.7 Å². The summed E-state index contributed by atoms with van der Waals surface area (Å²) in [6, 6.07) is 4.14. The summed E-state index contributed by atoms with van der Waals surface area (Å²) in [5, 5.41) is 19.4. The fraction of sp³-hybridized carbons (Fsp3) is 0.400. The second kappa shape index (κ2) is 5.82. The summed E-state index contributed by atoms with van der Waals surface area (Å²) in [7, 11) is 1.89. The average Bonchev–Trinajstić information content (AvgIpc) is 3.59. The molecule has 0 amide bonds. The zero-order chi connectivity index (χ0) is 19.7. The molecule has 2 aliphatic carbocycles. The van der Waals surface area contributed by atoms with Crippen LogP contribution in [0.3, 0.4) is 0 Å². The lowest BCUT2D eigenvalue weighted by molar-refractivity contribution is 0.386. The molecule has 0 radical (unpaired) electrons. The molecule has 4 aromatic rings. The molecule has 4 aromatic heterocycles. The van der Waals surface area contributed by atoms with Crippen molar-refractivity contribution < 1.29 is 0 Å². The molecule has 2 saturated carbocycles. The van der Waals surface area contributed by atoms with Gasteiger partial charge < -0.3 is 10.3 Å². The maximum Gasteiger partial charge on any atom is 0.264 e. The van der Waals surface area contributed by atoms with E-state index in [1.54, 1.807) is 10.9 Å². The van der Waals surface area contributed by atoms with Gasteiger partial charge in [0.25, 0.3) is 5.56 Å². The molecule has 4 heterocycles. The SMILES string of the molecule is Cn1nc(-c2cn(C(C3CC3)C3CC3)c(=O)c3c(N)n[nH]c23)cc1-c1cc[nH]n1. The standard InChI is InChI=1S/C20H22N8O/c1-27-15(13-6-7-22-23-13)8-14(26-27)12-9-28(18(10-2-3-10)11-4-5-11)20(29)16-17(12)24-25-19(16)21/h6-11,18H,2-5H2,1H3,(H,22,23)(H3,21,24,25). The van der Waals surface area contributed by atoms with Gasteiger partial charge in [-0.1, -0.05) is 0 Å². The second-order valence-corrected chi connectivity index (χ2v) is 8.28. The van der Waals surface area contributed by atoms with Crippen LogP contribution in [0.2, 0.25) is 0 Å². The monoisotopic (exact) mass is 390 g/mol. The van der Waals surface area contributed by atoms with Crippen molar-refractivity contribution in [1.29, 1.82) is 0 Å². The quantitative estimate of drug-likeness (QED) is 0.483. The van der Waals surface area contributed by atoms with Crippen LogP contribution in [0.4, 0.5) is 5.82 Å². The van der Waals surface area contributed by atoms with E-state index in [2.05, 4.69) is 20.4 Å². The number of hydrogen-bond donors (Lipinski definition) is 3. The second-order valence-electron chi connectivity index (χ2n) is 8.28. The number of nitrogen functional groups attached to an aromatic ring is 1. The van der Waals surface area contributed by atoms with E-state index in [1.807, 2.05) is 29.9 Å². The molecule has 29 heavy (non-hydrogen) atoms. The molecule has 4 N–H and O–H groups in total. The highest BCUT2D eigenvalue weighted by Gasteiger charge is 2.43. The lowest BCUT2D eigenvalue weighted by Crippen LogP contribution is -2.27. The Bertz CT molecular complexity index is 1260. The van der Waals surface area contributed by atoms with Crippen molar-refractivity contribution >= 4 is 16.7 Å². The third kappa shape index (κ3) is 2.53. The zero-order valence-corrected chi connectivity index (χ0v) is 16.1. The lowest BCUT2D eigenvalue weighted by atomic mass is 10.0. The van der Waals surface area contributed by atoms with Gasteiger partial charge in [-0.2, -0.15) is 15.3 Å². The average molecular weight is 390 g/mol. The van der Waals surface area contributed by atoms with Crippen LogP contribution in [-0.4, -0.2) is 34.7 Å². The number of aryl methyl sites for hydroxylation is 1. The molecule has 6 rings (SSSR count). The minimum atomic E-state index is -0.0535. The number of nitrogens with zero attached hydrogens (tertiary/aromatic N) is 5. The Morgan fingerprint density at radius 2 is 1.93 bits per heavy atom. The summed E-state index contributed by atoms with van der Waals surface area (Å²) in [4.78, 5) is 13.3. The highest BCUT2D eigenvalue weighted by molar-refractivity contribution is 5.97. The summed E-state index contributed by atoms with van der Waals surface area (Å²) in [5.74, 6) is 1.42. The van der Waals surface area contributed by atoms with Crippen LogP contribution in [0.25, 0.3) is 33.5 Å². The van der Waals surface area contributed by atoms with Crippen molar-refractivity contribution in [3.8, 4) is 22.6 Å². The Kier molecular flexibility index (Phi) is 3.33. The maximum atomic E-state index is 13.3. The molecule has 0 unspecified atom stereocenters. The van der Waals surface area contributed by atoms with Gasteiger partial charge in [0.2, 0.25) is 0 Å². The molecule has 2 fully saturated rings. The van der Waals surface area contributed by atoms with E-state index in [9.17, 15) is 4.79 Å². The predicted molar refractivity (Wildman–Crippen MR) is 109 cm³/mol. The number of pyridine rings is 1. The third-order valence-electron chi connectivity index (χ3n) is 6.23. The molecule has 0 saturated heterocycles. The van der Waals surface area contributed by atoms with Gasteiger partial charge in [-0.3, -0.25) is 19.7 Å². The normalized spacial score (nSPS) is 16.9. The number of nitrogens with one attached hydrogen (secondary N) is 2. The number of H-pyrrole nitrogens is 2. The molecule has 0 atom stereocenters. The fourth-order valence-corrected chi connectivity index (χ4v) is 4.53. The summed E-state index contributed by atoms with van der Waals surface area (Å²) in [5.41, 5.74) is 9.99. The molecule has 0 aliphatic heterocycles. The Labute approximate surface area is 165 Å². The smallest absolute Gasteiger partial charge is 0.264 e. The first-order chi connectivity index (χ1) is 14.1. The van der Waals surface area contributed by atoms with E-state index in [4.69, 9.17) is 10.8 Å². The molecular formula is C20H22N8O. The van der Waals surface area contributed by atoms with E-state index < -0.39 is 0 Å². The first-order valence-electron chi connectivity index (χ1n) is 10.0. The zero-order valence-electron chi connectivity index (χ0n) is 16.1. The van der Waals surface area contributed by atoms with E-state index >= 15 is 0 Å². The van der Waals surface area contributed by atoms with Gasteiger partial charge >= 0.3 is 0 Å². The van der Waals surface area contributed by atoms with Crippen molar-refractivity contribution in [3.63, 3.8) is 0 Å². The van der Waals surface area contributed by atoms with Crippen LogP contribution in [0, 0.1) is 11.8 Å². The molecule has 148 valence electrons. The topological polar surface area (TPSA) is 123 Å². The first kappa shape index (κ1) is 16.6. The van der Waals surface area contributed by atoms with Gasteiger partial charge in [0.05, 0.1) is 16.9 Å². The van der Waals surface area contributed by atoms with Gasteiger partial charge in [0.15, 0.2) is 5.82 Å². The van der Waals surface area contributed by atoms with E-state index in [0.717, 1.165) is 22.6 Å². The minimum Gasteiger partial charge on any atom is -0.382 e. The number of fused-ring (bicyclic) bond motifs is 1. The number of aromatic amines is 2. The number of nitrogens with two attached hydrogens (primary N) is 1. The van der Waals surface area contributed by atoms with Crippen LogP contribution in [-0.2, 0) is 7.05 Å². The number of anilines is 1. The highest BCUT2D eigenvalue weighted by atomic mass is 16.1. The van der Waals surface area contributed by atoms with E-state index in [1.165, 1.54) is 25.7 Å². The van der Waals surface area contributed by atoms with Crippen LogP contribution in [0.15, 0.2) is 29.3 Å². The predicted octanol–water partition coefficient (Wildman–Crippen LogP) is 2.46. The summed E-state index contributed by atoms with van der Waals surface area (Å²) >= 11 is 0. The maximum absolute atomic E-state index is 13.3. The molecule has 0 aromatic carbocycles. The Morgan fingerprint density at radius 1 is 1.17 bits per heavy atom. The van der Waals surface area contributed by atoms with Crippen LogP contribution in [0.5, 0.6) is 0 Å². The molecule has 9 nitrogen and oxygen atoms in total. The lowest BCUT2D eigenvalue weighted by Gasteiger charge is -2.20. The van der Waals surface area contributed by atoms with Crippen molar-refractivity contribution in [2.45, 2.75) is 31.7 Å². The Morgan fingerprint density at radius 3 is 2.59 bits per heavy atom. The molecular weight excluding hydrogens is 368 g/mol. The number of hydrogen-bond acceptors (Lipinski definition) is 5. The summed E-state index contributed by atoms with van der Waals surface area (Å²) < 4.78 is 3.72. The molecule has 0 spiro atoms. The first-order valence-corrected chi connectivity index (χ1v) is 10.0. The minimum absolute atomic E-state index is 0.0535. The van der Waals surface area contributed by atoms with Crippen LogP contribution >= 0.6 is 0 Å². The largest absolute Gasteiger partial charge is 0.382 e. The molecule has 9 heteroatoms. The van der Waals surface area contributed by atoms with Gasteiger partial charge in [0, 0.05) is 31.0 Å². The summed E-state index contributed by atoms with van der Waals surface area (Å²) in [6.45, 7) is 0. The highest BCUT2D eigenvalue weighted by Crippen LogP contribution is 2.52. The van der Waals surface area contributed by atoms with Crippen LogP contribution < -0.4 is 11.3 Å². The Balaban J connectivity index is 1.58. The van der Waals surface area contributed by atoms with Crippen molar-refractivity contribution in [2.24, 2.45) is 18.9 Å². The molecule has 0 bridgehead atoms. The summed E-state index contributed by atoms with van der Waals surface area (Å²) in [6.07, 6.45) is 8.50. The Hall–Kier alpha value is -3.36. The van der Waals surface area contributed by atoms with Gasteiger partial charge in [-0.15, -0.1) is 0 Å². The van der Waals surface area contributed by atoms with E-state index in [-0.39, 0.29) is 17.4 Å². The van der Waals surface area contributed by atoms with Crippen molar-refractivity contribution in [1.82, 2.24) is 34.7 Å². The van der Waals surface area contributed by atoms with Gasteiger partial charge in [0.1, 0.15) is 11.1 Å². The molecule has 2 aliphatic rings. The van der Waals surface area contributed by atoms with E-state index in [0.29, 0.717) is 22.7 Å². The van der Waals surface area contributed by atoms with Crippen molar-refractivity contribution in [2.75, 3.05) is 5.73 Å². The van der Waals surface area contributed by atoms with Crippen molar-refractivity contribution in [3.05, 3.63) is 34.9 Å². The number of aromatic nitrogens is 7. The van der Waals surface area contributed by atoms with Gasteiger partial charge in [-0.25, -0.2) is 0 Å². The fourth-order valence-electron chi connectivity index (χ4n) is 4.53. The third-order valence-corrected chi connectivity index (χ3v) is 6.23. The van der Waals surface area contributed by atoms with Gasteiger partial charge in [-0.05, 0) is 49.7 Å². The number of rotatable bonds is 5.